The number of aldehydes is 1. The maximum atomic E-state index is 9.69. The third-order valence-electron chi connectivity index (χ3n) is 0.559. The molecule has 6 heteroatoms. The molecule has 0 aliphatic rings. The molecule has 58 valence electrons. The van der Waals surface area contributed by atoms with E-state index in [1.807, 2.05) is 0 Å². The maximum Gasteiger partial charge on any atom is 0.302 e. The summed E-state index contributed by atoms with van der Waals surface area (Å²) < 4.78 is 0. The Morgan fingerprint density at radius 1 is 1.60 bits per heavy atom. The van der Waals surface area contributed by atoms with E-state index in [0.29, 0.717) is 6.29 Å². The van der Waals surface area contributed by atoms with Gasteiger partial charge in [-0.2, -0.15) is 0 Å². The normalized spacial score (nSPS) is 10.1. The molecule has 0 aromatic heterocycles. The van der Waals surface area contributed by atoms with Gasteiger partial charge in [0.05, 0.1) is 0 Å². The standard InChI is InChI=1S/C4H6NO3.2W/c5-3(2-6)1-4(7)8;;/h2-3,5H,1H2,(H,7,8);;/q-1;;. The minimum absolute atomic E-state index is 0. The first-order chi connectivity index (χ1) is 3.66. The summed E-state index contributed by atoms with van der Waals surface area (Å²) in [5.41, 5.74) is 6.60. The van der Waals surface area contributed by atoms with Crippen LogP contribution in [0.3, 0.4) is 0 Å². The zero-order valence-corrected chi connectivity index (χ0v) is 10.8. The Morgan fingerprint density at radius 3 is 2.10 bits per heavy atom. The number of rotatable bonds is 3. The summed E-state index contributed by atoms with van der Waals surface area (Å²) in [4.78, 5) is 19.3. The second-order valence-corrected chi connectivity index (χ2v) is 1.34. The van der Waals surface area contributed by atoms with Crippen LogP contribution in [-0.4, -0.2) is 23.4 Å². The van der Waals surface area contributed by atoms with Gasteiger partial charge < -0.3 is 15.6 Å². The van der Waals surface area contributed by atoms with Gasteiger partial charge >= 0.3 is 5.97 Å². The fourth-order valence-corrected chi connectivity index (χ4v) is 0.236. The molecule has 1 unspecified atom stereocenters. The van der Waals surface area contributed by atoms with E-state index < -0.39 is 18.4 Å². The van der Waals surface area contributed by atoms with Crippen LogP contribution in [0.5, 0.6) is 0 Å². The molecule has 0 heterocycles. The molecule has 2 N–H and O–H groups in total. The van der Waals surface area contributed by atoms with Gasteiger partial charge in [-0.15, -0.1) is 0 Å². The minimum atomic E-state index is -1.11. The zero-order valence-electron chi connectivity index (χ0n) is 4.94. The second-order valence-electron chi connectivity index (χ2n) is 1.34. The summed E-state index contributed by atoms with van der Waals surface area (Å²) in [6.45, 7) is 0. The number of carboxylic acids is 1. The molecular weight excluding hydrogens is 478 g/mol. The van der Waals surface area contributed by atoms with Gasteiger partial charge in [-0.25, -0.2) is 0 Å². The molecule has 0 bridgehead atoms. The molecule has 0 fully saturated rings. The minimum Gasteiger partial charge on any atom is -0.668 e. The quantitative estimate of drug-likeness (QED) is 0.578. The van der Waals surface area contributed by atoms with Crippen molar-refractivity contribution < 1.29 is 56.8 Å². The van der Waals surface area contributed by atoms with Gasteiger partial charge in [0.1, 0.15) is 6.29 Å². The third-order valence-corrected chi connectivity index (χ3v) is 0.559. The van der Waals surface area contributed by atoms with Crippen molar-refractivity contribution in [3.05, 3.63) is 5.73 Å². The van der Waals surface area contributed by atoms with Crippen molar-refractivity contribution in [3.8, 4) is 0 Å². The smallest absolute Gasteiger partial charge is 0.302 e. The average Bonchev–Trinajstić information content (AvgIpc) is 1.65. The first-order valence-corrected chi connectivity index (χ1v) is 2.05. The summed E-state index contributed by atoms with van der Waals surface area (Å²) in [7, 11) is 0. The number of nitrogens with one attached hydrogen (secondary N) is 1. The SMILES string of the molecule is [NH-]C(C=O)CC(=O)O.[W].[W]. The van der Waals surface area contributed by atoms with E-state index in [4.69, 9.17) is 10.8 Å². The third kappa shape index (κ3) is 11.3. The summed E-state index contributed by atoms with van der Waals surface area (Å²) in [5.74, 6) is -1.11. The summed E-state index contributed by atoms with van der Waals surface area (Å²) in [5, 5.41) is 7.94. The summed E-state index contributed by atoms with van der Waals surface area (Å²) in [6, 6.07) is -1.10. The largest absolute Gasteiger partial charge is 0.668 e. The fourth-order valence-electron chi connectivity index (χ4n) is 0.236. The maximum absolute atomic E-state index is 9.69. The van der Waals surface area contributed by atoms with E-state index in [1.54, 1.807) is 0 Å². The molecule has 0 radical (unpaired) electrons. The van der Waals surface area contributed by atoms with Crippen molar-refractivity contribution in [2.45, 2.75) is 12.5 Å². The van der Waals surface area contributed by atoms with Crippen molar-refractivity contribution in [2.24, 2.45) is 0 Å². The van der Waals surface area contributed by atoms with E-state index >= 15 is 0 Å². The van der Waals surface area contributed by atoms with E-state index in [-0.39, 0.29) is 42.1 Å². The number of aliphatic carboxylic acids is 1. The van der Waals surface area contributed by atoms with Gasteiger partial charge in [0.2, 0.25) is 0 Å². The first-order valence-electron chi connectivity index (χ1n) is 2.05. The molecule has 1 atom stereocenters. The van der Waals surface area contributed by atoms with Gasteiger partial charge in [-0.1, -0.05) is 6.04 Å². The molecule has 0 saturated heterocycles. The molecule has 0 aromatic rings. The molecule has 0 aliphatic carbocycles. The van der Waals surface area contributed by atoms with Crippen LogP contribution >= 0.6 is 0 Å². The van der Waals surface area contributed by atoms with E-state index in [0.717, 1.165) is 0 Å². The summed E-state index contributed by atoms with van der Waals surface area (Å²) >= 11 is 0. The van der Waals surface area contributed by atoms with Crippen LogP contribution in [0.25, 0.3) is 5.73 Å². The predicted octanol–water partition coefficient (Wildman–Crippen LogP) is 0.0758. The Morgan fingerprint density at radius 2 is 2.00 bits per heavy atom. The van der Waals surface area contributed by atoms with Crippen LogP contribution < -0.4 is 0 Å². The molecule has 4 nitrogen and oxygen atoms in total. The van der Waals surface area contributed by atoms with Crippen LogP contribution in [0.4, 0.5) is 0 Å². The molecular formula is C4H6NO3W2-. The number of hydrogen-bond acceptors (Lipinski definition) is 2. The van der Waals surface area contributed by atoms with Crippen LogP contribution in [0, 0.1) is 0 Å². The molecule has 0 spiro atoms. The first kappa shape index (κ1) is 16.8. The number of carbonyl (C=O) groups is 2. The van der Waals surface area contributed by atoms with Gasteiger partial charge in [-0.05, 0) is 0 Å². The van der Waals surface area contributed by atoms with Crippen LogP contribution in [0.1, 0.15) is 6.42 Å². The Hall–Kier alpha value is 0.477. The van der Waals surface area contributed by atoms with Gasteiger partial charge in [0.15, 0.2) is 0 Å². The van der Waals surface area contributed by atoms with Crippen LogP contribution in [0.2, 0.25) is 0 Å². The molecule has 0 rings (SSSR count). The van der Waals surface area contributed by atoms with Gasteiger partial charge in [-0.3, -0.25) is 4.79 Å². The van der Waals surface area contributed by atoms with Gasteiger partial charge in [0.25, 0.3) is 0 Å². The summed E-state index contributed by atoms with van der Waals surface area (Å²) in [6.07, 6.45) is -0.0996. The Balaban J connectivity index is -0.000000245. The molecule has 0 aromatic carbocycles. The monoisotopic (exact) mass is 484 g/mol. The van der Waals surface area contributed by atoms with E-state index in [2.05, 4.69) is 0 Å². The molecule has 10 heavy (non-hydrogen) atoms. The van der Waals surface area contributed by atoms with E-state index in [1.165, 1.54) is 0 Å². The van der Waals surface area contributed by atoms with Crippen molar-refractivity contribution in [1.82, 2.24) is 0 Å². The second kappa shape index (κ2) is 9.48. The Bertz CT molecular complexity index is 109. The number of hydrogen-bond donors (Lipinski definition) is 1. The van der Waals surface area contributed by atoms with Crippen molar-refractivity contribution in [3.63, 3.8) is 0 Å². The van der Waals surface area contributed by atoms with Crippen molar-refractivity contribution in [2.75, 3.05) is 0 Å². The van der Waals surface area contributed by atoms with Crippen molar-refractivity contribution in [1.29, 1.82) is 0 Å². The molecule has 0 saturated carbocycles. The van der Waals surface area contributed by atoms with Crippen molar-refractivity contribution >= 4 is 12.3 Å². The predicted molar refractivity (Wildman–Crippen MR) is 26.4 cm³/mol. The van der Waals surface area contributed by atoms with Crippen LogP contribution in [0.15, 0.2) is 0 Å². The zero-order chi connectivity index (χ0) is 6.57. The van der Waals surface area contributed by atoms with E-state index in [9.17, 15) is 9.59 Å². The number of carboxylic acid groups (broad SMARTS) is 1. The number of carbonyl (C=O) groups excluding carboxylic acids is 1. The molecule has 0 amide bonds. The average molecular weight is 484 g/mol. The Kier molecular flexibility index (Phi) is 16.0. The van der Waals surface area contributed by atoms with Crippen LogP contribution in [-0.2, 0) is 51.7 Å². The van der Waals surface area contributed by atoms with Gasteiger partial charge in [0, 0.05) is 48.6 Å². The Labute approximate surface area is 87.1 Å². The fraction of sp³-hybridized carbons (Fsp3) is 0.500. The topological polar surface area (TPSA) is 78.2 Å². The molecule has 0 aliphatic heterocycles.